The van der Waals surface area contributed by atoms with E-state index in [1.165, 1.54) is 32.1 Å². The molecule has 1 aromatic rings. The first-order chi connectivity index (χ1) is 12.5. The van der Waals surface area contributed by atoms with Crippen molar-refractivity contribution in [3.63, 3.8) is 0 Å². The van der Waals surface area contributed by atoms with E-state index >= 15 is 0 Å². The molecule has 4 saturated carbocycles. The van der Waals surface area contributed by atoms with Crippen molar-refractivity contribution in [3.05, 3.63) is 35.9 Å². The first kappa shape index (κ1) is 17.1. The molecule has 4 aliphatic rings. The summed E-state index contributed by atoms with van der Waals surface area (Å²) in [5, 5.41) is 13.1. The number of aliphatic hydroxyl groups excluding tert-OH is 1. The van der Waals surface area contributed by atoms with Gasteiger partial charge in [-0.25, -0.2) is 0 Å². The second-order valence-corrected chi connectivity index (χ2v) is 8.05. The van der Waals surface area contributed by atoms with Gasteiger partial charge in [-0.15, -0.1) is 0 Å². The number of methoxy groups -OCH3 is 1. The standard InChI is InChI=1S/C21H25NO4/c1-26-17-4-2-14(3-5-17)18(23)11-19(24)21(25)22-20-15-7-12-6-13(9-15)10-16(20)8-12/h2-5,11-13,15-16,20,23H,6-10H2,1H3,(H,22,25)/b18-11-. The van der Waals surface area contributed by atoms with Crippen molar-refractivity contribution in [1.29, 1.82) is 0 Å². The SMILES string of the molecule is COc1ccc(/C(O)=C/C(=O)C(=O)NC2C3CC4CC(C3)CC2C4)cc1. The highest BCUT2D eigenvalue weighted by atomic mass is 16.5. The second-order valence-electron chi connectivity index (χ2n) is 8.05. The number of hydrogen-bond donors (Lipinski definition) is 2. The van der Waals surface area contributed by atoms with Crippen LogP contribution in [-0.2, 0) is 9.59 Å². The van der Waals surface area contributed by atoms with E-state index < -0.39 is 11.7 Å². The fourth-order valence-electron chi connectivity index (χ4n) is 5.42. The van der Waals surface area contributed by atoms with Crippen molar-refractivity contribution in [3.8, 4) is 5.75 Å². The Labute approximate surface area is 153 Å². The van der Waals surface area contributed by atoms with Gasteiger partial charge < -0.3 is 15.2 Å². The Balaban J connectivity index is 1.40. The molecule has 2 N–H and O–H groups in total. The third-order valence-corrected chi connectivity index (χ3v) is 6.40. The van der Waals surface area contributed by atoms with Crippen molar-refractivity contribution in [2.45, 2.75) is 38.1 Å². The van der Waals surface area contributed by atoms with E-state index in [4.69, 9.17) is 4.74 Å². The number of ketones is 1. The van der Waals surface area contributed by atoms with Crippen LogP contribution in [0.25, 0.3) is 5.76 Å². The molecule has 5 heteroatoms. The number of nitrogens with one attached hydrogen (secondary N) is 1. The van der Waals surface area contributed by atoms with E-state index in [0.717, 1.165) is 17.9 Å². The van der Waals surface area contributed by atoms with E-state index in [1.54, 1.807) is 31.4 Å². The van der Waals surface area contributed by atoms with Crippen LogP contribution in [0.5, 0.6) is 5.75 Å². The van der Waals surface area contributed by atoms with Crippen LogP contribution in [0, 0.1) is 23.7 Å². The fourth-order valence-corrected chi connectivity index (χ4v) is 5.42. The summed E-state index contributed by atoms with van der Waals surface area (Å²) in [5.74, 6) is 1.81. The van der Waals surface area contributed by atoms with Crippen molar-refractivity contribution >= 4 is 17.4 Å². The molecule has 0 spiro atoms. The molecule has 0 aliphatic heterocycles. The minimum absolute atomic E-state index is 0.121. The molecule has 4 aliphatic carbocycles. The maximum absolute atomic E-state index is 12.4. The Morgan fingerprint density at radius 1 is 1.04 bits per heavy atom. The van der Waals surface area contributed by atoms with E-state index in [2.05, 4.69) is 5.32 Å². The summed E-state index contributed by atoms with van der Waals surface area (Å²) in [6.45, 7) is 0. The number of ether oxygens (including phenoxy) is 1. The van der Waals surface area contributed by atoms with Gasteiger partial charge in [0.25, 0.3) is 5.91 Å². The number of carbonyl (C=O) groups is 2. The average Bonchev–Trinajstić information content (AvgIpc) is 2.63. The van der Waals surface area contributed by atoms with Gasteiger partial charge in [-0.05, 0) is 80.0 Å². The van der Waals surface area contributed by atoms with Gasteiger partial charge in [0.2, 0.25) is 5.78 Å². The predicted molar refractivity (Wildman–Crippen MR) is 97.6 cm³/mol. The molecule has 0 atom stereocenters. The van der Waals surface area contributed by atoms with Crippen LogP contribution in [0.15, 0.2) is 30.3 Å². The van der Waals surface area contributed by atoms with Crippen LogP contribution in [0.2, 0.25) is 0 Å². The van der Waals surface area contributed by atoms with Gasteiger partial charge in [0.15, 0.2) is 0 Å². The van der Waals surface area contributed by atoms with E-state index in [-0.39, 0.29) is 11.8 Å². The van der Waals surface area contributed by atoms with Gasteiger partial charge in [0.05, 0.1) is 7.11 Å². The zero-order chi connectivity index (χ0) is 18.3. The Morgan fingerprint density at radius 2 is 1.62 bits per heavy atom. The molecule has 0 heterocycles. The smallest absolute Gasteiger partial charge is 0.292 e. The van der Waals surface area contributed by atoms with Crippen molar-refractivity contribution in [1.82, 2.24) is 5.32 Å². The molecule has 5 nitrogen and oxygen atoms in total. The molecule has 0 unspecified atom stereocenters. The van der Waals surface area contributed by atoms with Gasteiger partial charge in [-0.3, -0.25) is 9.59 Å². The van der Waals surface area contributed by atoms with Crippen LogP contribution in [0.1, 0.15) is 37.7 Å². The molecule has 0 aromatic heterocycles. The van der Waals surface area contributed by atoms with E-state index in [9.17, 15) is 14.7 Å². The third-order valence-electron chi connectivity index (χ3n) is 6.40. The topological polar surface area (TPSA) is 75.6 Å². The highest BCUT2D eigenvalue weighted by molar-refractivity contribution is 6.41. The quantitative estimate of drug-likeness (QED) is 0.483. The average molecular weight is 355 g/mol. The minimum atomic E-state index is -0.702. The number of rotatable bonds is 5. The molecule has 1 amide bonds. The number of carbonyl (C=O) groups excluding carboxylic acids is 2. The number of benzene rings is 1. The molecule has 138 valence electrons. The summed E-state index contributed by atoms with van der Waals surface area (Å²) in [7, 11) is 1.56. The Hall–Kier alpha value is -2.30. The second kappa shape index (κ2) is 6.78. The fraction of sp³-hybridized carbons (Fsp3) is 0.524. The first-order valence-electron chi connectivity index (χ1n) is 9.43. The molecular formula is C21H25NO4. The Bertz CT molecular complexity index is 709. The Kier molecular flexibility index (Phi) is 4.47. The van der Waals surface area contributed by atoms with Crippen molar-refractivity contribution < 1.29 is 19.4 Å². The lowest BCUT2D eigenvalue weighted by Gasteiger charge is -2.54. The highest BCUT2D eigenvalue weighted by Gasteiger charge is 2.48. The molecule has 26 heavy (non-hydrogen) atoms. The highest BCUT2D eigenvalue weighted by Crippen LogP contribution is 2.53. The summed E-state index contributed by atoms with van der Waals surface area (Å²) in [4.78, 5) is 24.6. The zero-order valence-corrected chi connectivity index (χ0v) is 15.0. The van der Waals surface area contributed by atoms with Gasteiger partial charge in [-0.1, -0.05) is 0 Å². The normalized spacial score (nSPS) is 32.3. The molecule has 1 aromatic carbocycles. The maximum Gasteiger partial charge on any atom is 0.292 e. The van der Waals surface area contributed by atoms with Crippen LogP contribution < -0.4 is 10.1 Å². The summed E-state index contributed by atoms with van der Waals surface area (Å²) < 4.78 is 5.07. The van der Waals surface area contributed by atoms with Crippen LogP contribution in [0.4, 0.5) is 0 Å². The lowest BCUT2D eigenvalue weighted by Crippen LogP contribution is -2.56. The van der Waals surface area contributed by atoms with Crippen LogP contribution >= 0.6 is 0 Å². The summed E-state index contributed by atoms with van der Waals surface area (Å²) in [6, 6.07) is 6.80. The van der Waals surface area contributed by atoms with Gasteiger partial charge in [0, 0.05) is 17.7 Å². The first-order valence-corrected chi connectivity index (χ1v) is 9.43. The molecule has 0 saturated heterocycles. The summed E-state index contributed by atoms with van der Waals surface area (Å²) in [5.41, 5.74) is 0.474. The van der Waals surface area contributed by atoms with Crippen molar-refractivity contribution in [2.75, 3.05) is 7.11 Å². The lowest BCUT2D eigenvalue weighted by molar-refractivity contribution is -0.137. The zero-order valence-electron chi connectivity index (χ0n) is 15.0. The Morgan fingerprint density at radius 3 is 2.15 bits per heavy atom. The van der Waals surface area contributed by atoms with Crippen LogP contribution in [-0.4, -0.2) is 29.9 Å². The summed E-state index contributed by atoms with van der Waals surface area (Å²) >= 11 is 0. The minimum Gasteiger partial charge on any atom is -0.507 e. The predicted octanol–water partition coefficient (Wildman–Crippen LogP) is 3.10. The van der Waals surface area contributed by atoms with Gasteiger partial charge in [0.1, 0.15) is 11.5 Å². The largest absolute Gasteiger partial charge is 0.507 e. The number of aliphatic hydroxyl groups is 1. The van der Waals surface area contributed by atoms with E-state index in [1.807, 2.05) is 0 Å². The third kappa shape index (κ3) is 3.22. The monoisotopic (exact) mass is 355 g/mol. The van der Waals surface area contributed by atoms with Crippen molar-refractivity contribution in [2.24, 2.45) is 23.7 Å². The molecule has 4 fully saturated rings. The summed E-state index contributed by atoms with van der Waals surface area (Å²) in [6.07, 6.45) is 7.08. The molecule has 0 radical (unpaired) electrons. The number of amides is 1. The lowest BCUT2D eigenvalue weighted by atomic mass is 9.54. The molecule has 4 bridgehead atoms. The molecule has 5 rings (SSSR count). The van der Waals surface area contributed by atoms with E-state index in [0.29, 0.717) is 23.1 Å². The maximum atomic E-state index is 12.4. The number of hydrogen-bond acceptors (Lipinski definition) is 4. The van der Waals surface area contributed by atoms with Crippen LogP contribution in [0.3, 0.4) is 0 Å². The van der Waals surface area contributed by atoms with Gasteiger partial charge in [-0.2, -0.15) is 0 Å². The molecular weight excluding hydrogens is 330 g/mol. The van der Waals surface area contributed by atoms with Gasteiger partial charge >= 0.3 is 0 Å².